The Morgan fingerprint density at radius 1 is 1.58 bits per heavy atom. The van der Waals surface area contributed by atoms with Gasteiger partial charge in [0.25, 0.3) is 0 Å². The van der Waals surface area contributed by atoms with Gasteiger partial charge in [0.1, 0.15) is 6.04 Å². The van der Waals surface area contributed by atoms with Gasteiger partial charge in [0.15, 0.2) is 0 Å². The molecule has 100 valence electrons. The third-order valence-electron chi connectivity index (χ3n) is 3.47. The summed E-state index contributed by atoms with van der Waals surface area (Å²) < 4.78 is 5.12. The first-order valence-corrected chi connectivity index (χ1v) is 6.61. The summed E-state index contributed by atoms with van der Waals surface area (Å²) in [6, 6.07) is 7.65. The van der Waals surface area contributed by atoms with Gasteiger partial charge in [0.05, 0.1) is 18.2 Å². The molecule has 0 radical (unpaired) electrons. The number of ether oxygens (including phenoxy) is 1. The Balaban J connectivity index is 2.23. The lowest BCUT2D eigenvalue weighted by atomic mass is 10.1. The Morgan fingerprint density at radius 3 is 3.00 bits per heavy atom. The van der Waals surface area contributed by atoms with Gasteiger partial charge in [-0.05, 0) is 50.5 Å². The maximum absolute atomic E-state index is 11.9. The molecule has 1 saturated heterocycles. The summed E-state index contributed by atoms with van der Waals surface area (Å²) in [6.45, 7) is 5.00. The van der Waals surface area contributed by atoms with E-state index in [-0.39, 0.29) is 12.0 Å². The number of hydrogen-bond acceptors (Lipinski definition) is 4. The summed E-state index contributed by atoms with van der Waals surface area (Å²) in [5, 5.41) is 8.95. The van der Waals surface area contributed by atoms with Crippen LogP contribution in [0.2, 0.25) is 0 Å². The molecule has 19 heavy (non-hydrogen) atoms. The fraction of sp³-hybridized carbons (Fsp3) is 0.467. The van der Waals surface area contributed by atoms with Gasteiger partial charge in [-0.25, -0.2) is 4.79 Å². The number of nitrogens with zero attached hydrogens (tertiary/aromatic N) is 2. The van der Waals surface area contributed by atoms with Crippen molar-refractivity contribution in [3.05, 3.63) is 29.3 Å². The lowest BCUT2D eigenvalue weighted by molar-refractivity contribution is -0.144. The predicted molar refractivity (Wildman–Crippen MR) is 72.9 cm³/mol. The number of aryl methyl sites for hydroxylation is 1. The summed E-state index contributed by atoms with van der Waals surface area (Å²) in [7, 11) is 0. The molecule has 2 rings (SSSR count). The summed E-state index contributed by atoms with van der Waals surface area (Å²) in [5.74, 6) is -0.151. The summed E-state index contributed by atoms with van der Waals surface area (Å²) in [6.07, 6.45) is 1.82. The highest BCUT2D eigenvalue weighted by molar-refractivity contribution is 5.81. The monoisotopic (exact) mass is 258 g/mol. The quantitative estimate of drug-likeness (QED) is 0.781. The van der Waals surface area contributed by atoms with Crippen molar-refractivity contribution in [1.29, 1.82) is 5.26 Å². The van der Waals surface area contributed by atoms with E-state index in [1.807, 2.05) is 32.0 Å². The van der Waals surface area contributed by atoms with Crippen LogP contribution < -0.4 is 4.90 Å². The number of esters is 1. The largest absolute Gasteiger partial charge is 0.464 e. The zero-order valence-corrected chi connectivity index (χ0v) is 11.3. The van der Waals surface area contributed by atoms with Crippen molar-refractivity contribution in [3.8, 4) is 6.07 Å². The highest BCUT2D eigenvalue weighted by Crippen LogP contribution is 2.27. The normalized spacial score (nSPS) is 18.2. The van der Waals surface area contributed by atoms with Crippen LogP contribution in [-0.4, -0.2) is 25.2 Å². The number of carbonyl (C=O) groups is 1. The number of anilines is 1. The Hall–Kier alpha value is -2.02. The van der Waals surface area contributed by atoms with E-state index in [1.165, 1.54) is 0 Å². The molecule has 0 spiro atoms. The van der Waals surface area contributed by atoms with Gasteiger partial charge >= 0.3 is 5.97 Å². The van der Waals surface area contributed by atoms with Crippen LogP contribution in [-0.2, 0) is 9.53 Å². The Bertz CT molecular complexity index is 519. The van der Waals surface area contributed by atoms with Gasteiger partial charge < -0.3 is 9.64 Å². The molecule has 1 unspecified atom stereocenters. The van der Waals surface area contributed by atoms with Crippen molar-refractivity contribution in [1.82, 2.24) is 0 Å². The molecular formula is C15H18N2O2. The number of hydrogen-bond donors (Lipinski definition) is 0. The van der Waals surface area contributed by atoms with Gasteiger partial charge in [-0.2, -0.15) is 5.26 Å². The number of benzene rings is 1. The zero-order valence-electron chi connectivity index (χ0n) is 11.3. The molecule has 1 aromatic rings. The highest BCUT2D eigenvalue weighted by atomic mass is 16.5. The molecule has 1 heterocycles. The lowest BCUT2D eigenvalue weighted by Crippen LogP contribution is -2.37. The summed E-state index contributed by atoms with van der Waals surface area (Å²) >= 11 is 0. The number of carbonyl (C=O) groups excluding carboxylic acids is 1. The van der Waals surface area contributed by atoms with Crippen LogP contribution >= 0.6 is 0 Å². The Kier molecular flexibility index (Phi) is 4.06. The number of nitriles is 1. The molecule has 1 aliphatic heterocycles. The van der Waals surface area contributed by atoms with Crippen LogP contribution in [0.15, 0.2) is 18.2 Å². The first-order chi connectivity index (χ1) is 9.17. The second-order valence-electron chi connectivity index (χ2n) is 4.71. The number of rotatable bonds is 3. The van der Waals surface area contributed by atoms with Crippen LogP contribution in [0.1, 0.15) is 30.9 Å². The third kappa shape index (κ3) is 2.70. The van der Waals surface area contributed by atoms with E-state index < -0.39 is 0 Å². The predicted octanol–water partition coefficient (Wildman–Crippen LogP) is 2.40. The first kappa shape index (κ1) is 13.4. The van der Waals surface area contributed by atoms with E-state index in [2.05, 4.69) is 11.0 Å². The van der Waals surface area contributed by atoms with Crippen LogP contribution in [0.25, 0.3) is 0 Å². The maximum atomic E-state index is 11.9. The molecular weight excluding hydrogens is 240 g/mol. The van der Waals surface area contributed by atoms with Gasteiger partial charge in [0, 0.05) is 12.2 Å². The first-order valence-electron chi connectivity index (χ1n) is 6.61. The molecule has 0 saturated carbocycles. The molecule has 0 bridgehead atoms. The minimum atomic E-state index is -0.188. The van der Waals surface area contributed by atoms with E-state index in [1.54, 1.807) is 0 Å². The van der Waals surface area contributed by atoms with E-state index >= 15 is 0 Å². The second-order valence-corrected chi connectivity index (χ2v) is 4.71. The minimum Gasteiger partial charge on any atom is -0.464 e. The second kappa shape index (κ2) is 5.75. The van der Waals surface area contributed by atoms with Crippen molar-refractivity contribution in [3.63, 3.8) is 0 Å². The molecule has 0 amide bonds. The van der Waals surface area contributed by atoms with Crippen LogP contribution in [0.3, 0.4) is 0 Å². The fourth-order valence-electron chi connectivity index (χ4n) is 2.51. The van der Waals surface area contributed by atoms with E-state index in [9.17, 15) is 4.79 Å². The van der Waals surface area contributed by atoms with Gasteiger partial charge in [-0.3, -0.25) is 0 Å². The van der Waals surface area contributed by atoms with E-state index in [0.717, 1.165) is 30.6 Å². The van der Waals surface area contributed by atoms with Crippen LogP contribution in [0.5, 0.6) is 0 Å². The van der Waals surface area contributed by atoms with Crippen molar-refractivity contribution in [2.45, 2.75) is 32.7 Å². The SMILES string of the molecule is CCOC(=O)C1CCCN1c1ccc(C#N)c(C)c1. The van der Waals surface area contributed by atoms with Crippen molar-refractivity contribution in [2.75, 3.05) is 18.1 Å². The van der Waals surface area contributed by atoms with Crippen molar-refractivity contribution < 1.29 is 9.53 Å². The smallest absolute Gasteiger partial charge is 0.328 e. The fourth-order valence-corrected chi connectivity index (χ4v) is 2.51. The molecule has 4 heteroatoms. The van der Waals surface area contributed by atoms with Crippen molar-refractivity contribution in [2.24, 2.45) is 0 Å². The van der Waals surface area contributed by atoms with Crippen LogP contribution in [0, 0.1) is 18.3 Å². The topological polar surface area (TPSA) is 53.3 Å². The third-order valence-corrected chi connectivity index (χ3v) is 3.47. The average Bonchev–Trinajstić information content (AvgIpc) is 2.88. The summed E-state index contributed by atoms with van der Waals surface area (Å²) in [4.78, 5) is 14.0. The maximum Gasteiger partial charge on any atom is 0.328 e. The molecule has 0 aliphatic carbocycles. The zero-order chi connectivity index (χ0) is 13.8. The van der Waals surface area contributed by atoms with Gasteiger partial charge in [0.2, 0.25) is 0 Å². The van der Waals surface area contributed by atoms with E-state index in [4.69, 9.17) is 10.00 Å². The van der Waals surface area contributed by atoms with Gasteiger partial charge in [-0.15, -0.1) is 0 Å². The minimum absolute atomic E-state index is 0.151. The average molecular weight is 258 g/mol. The summed E-state index contributed by atoms with van der Waals surface area (Å²) in [5.41, 5.74) is 2.61. The molecule has 0 N–H and O–H groups in total. The standard InChI is InChI=1S/C15H18N2O2/c1-3-19-15(18)14-5-4-8-17(14)13-7-6-12(10-16)11(2)9-13/h6-7,9,14H,3-5,8H2,1-2H3. The lowest BCUT2D eigenvalue weighted by Gasteiger charge is -2.25. The molecule has 1 aromatic carbocycles. The molecule has 1 atom stereocenters. The van der Waals surface area contributed by atoms with Crippen LogP contribution in [0.4, 0.5) is 5.69 Å². The Morgan fingerprint density at radius 2 is 2.37 bits per heavy atom. The highest BCUT2D eigenvalue weighted by Gasteiger charge is 2.32. The Labute approximate surface area is 113 Å². The van der Waals surface area contributed by atoms with Crippen molar-refractivity contribution >= 4 is 11.7 Å². The van der Waals surface area contributed by atoms with E-state index in [0.29, 0.717) is 12.2 Å². The molecule has 1 aliphatic rings. The molecule has 4 nitrogen and oxygen atoms in total. The van der Waals surface area contributed by atoms with Gasteiger partial charge in [-0.1, -0.05) is 0 Å². The molecule has 0 aromatic heterocycles. The molecule has 1 fully saturated rings.